The molecule has 0 aromatic carbocycles. The number of halogens is 1. The van der Waals surface area contributed by atoms with E-state index in [-0.39, 0.29) is 6.42 Å². The van der Waals surface area contributed by atoms with Crippen molar-refractivity contribution in [2.45, 2.75) is 20.3 Å². The molecule has 0 aliphatic rings. The zero-order valence-corrected chi connectivity index (χ0v) is 8.78. The van der Waals surface area contributed by atoms with E-state index in [4.69, 9.17) is 21.8 Å². The van der Waals surface area contributed by atoms with E-state index in [9.17, 15) is 9.59 Å². The molecular formula is C9H13ClO4. The summed E-state index contributed by atoms with van der Waals surface area (Å²) in [5, 5.41) is 17.9. The Kier molecular flexibility index (Phi) is 4.63. The normalized spacial score (nSPS) is 12.3. The van der Waals surface area contributed by atoms with Gasteiger partial charge in [0.1, 0.15) is 0 Å². The summed E-state index contributed by atoms with van der Waals surface area (Å²) in [6, 6.07) is 0. The summed E-state index contributed by atoms with van der Waals surface area (Å²) in [7, 11) is 0. The number of carbonyl (C=O) groups is 2. The van der Waals surface area contributed by atoms with Crippen molar-refractivity contribution in [1.29, 1.82) is 0 Å². The summed E-state index contributed by atoms with van der Waals surface area (Å²) >= 11 is 5.26. The Labute approximate surface area is 87.2 Å². The van der Waals surface area contributed by atoms with Crippen molar-refractivity contribution in [3.05, 3.63) is 11.6 Å². The minimum atomic E-state index is -1.79. The molecule has 4 nitrogen and oxygen atoms in total. The topological polar surface area (TPSA) is 74.6 Å². The van der Waals surface area contributed by atoms with Gasteiger partial charge < -0.3 is 10.2 Å². The Morgan fingerprint density at radius 3 is 2.00 bits per heavy atom. The first-order chi connectivity index (χ1) is 6.39. The fourth-order valence-corrected chi connectivity index (χ4v) is 1.32. The van der Waals surface area contributed by atoms with Crippen molar-refractivity contribution in [2.24, 2.45) is 11.3 Å². The van der Waals surface area contributed by atoms with E-state index in [2.05, 4.69) is 0 Å². The van der Waals surface area contributed by atoms with Gasteiger partial charge in [0.25, 0.3) is 0 Å². The molecule has 14 heavy (non-hydrogen) atoms. The van der Waals surface area contributed by atoms with Gasteiger partial charge in [0.2, 0.25) is 0 Å². The van der Waals surface area contributed by atoms with Crippen molar-refractivity contribution in [2.75, 3.05) is 0 Å². The van der Waals surface area contributed by atoms with E-state index in [0.717, 1.165) is 5.54 Å². The molecule has 0 amide bonds. The molecule has 0 spiro atoms. The van der Waals surface area contributed by atoms with Crippen molar-refractivity contribution in [3.63, 3.8) is 0 Å². The second kappa shape index (κ2) is 5.00. The summed E-state index contributed by atoms with van der Waals surface area (Å²) in [6.07, 6.45) is 1.22. The van der Waals surface area contributed by atoms with Crippen LogP contribution in [0.1, 0.15) is 20.3 Å². The maximum Gasteiger partial charge on any atom is 0.321 e. The minimum absolute atomic E-state index is 0.112. The van der Waals surface area contributed by atoms with E-state index < -0.39 is 23.3 Å². The standard InChI is InChI=1S/C9H13ClO4/c1-6(2)9(7(11)12,8(13)14)4-3-5-10/h3,5-6H,4H2,1-2H3,(H,11,12)(H,13,14). The molecule has 0 aromatic rings. The van der Waals surface area contributed by atoms with Crippen LogP contribution in [0.3, 0.4) is 0 Å². The van der Waals surface area contributed by atoms with Gasteiger partial charge in [0.05, 0.1) is 0 Å². The Morgan fingerprint density at radius 2 is 1.79 bits per heavy atom. The molecule has 0 saturated heterocycles. The second-order valence-corrected chi connectivity index (χ2v) is 3.55. The first kappa shape index (κ1) is 13.0. The molecule has 0 aliphatic carbocycles. The maximum atomic E-state index is 11.0. The number of carboxylic acid groups (broad SMARTS) is 2. The van der Waals surface area contributed by atoms with Crippen LogP contribution in [0.25, 0.3) is 0 Å². The third kappa shape index (κ3) is 2.26. The van der Waals surface area contributed by atoms with E-state index in [1.165, 1.54) is 6.08 Å². The third-order valence-corrected chi connectivity index (χ3v) is 2.46. The second-order valence-electron chi connectivity index (χ2n) is 3.30. The Hall–Kier alpha value is -1.03. The van der Waals surface area contributed by atoms with Crippen LogP contribution in [-0.4, -0.2) is 22.2 Å². The number of hydrogen-bond donors (Lipinski definition) is 2. The lowest BCUT2D eigenvalue weighted by Crippen LogP contribution is -2.43. The predicted octanol–water partition coefficient (Wildman–Crippen LogP) is 1.94. The van der Waals surface area contributed by atoms with Gasteiger partial charge in [-0.2, -0.15) is 0 Å². The van der Waals surface area contributed by atoms with E-state index in [1.54, 1.807) is 13.8 Å². The van der Waals surface area contributed by atoms with Gasteiger partial charge in [-0.15, -0.1) is 0 Å². The van der Waals surface area contributed by atoms with Gasteiger partial charge in [-0.3, -0.25) is 9.59 Å². The van der Waals surface area contributed by atoms with Crippen LogP contribution < -0.4 is 0 Å². The van der Waals surface area contributed by atoms with Crippen molar-refractivity contribution >= 4 is 23.5 Å². The summed E-state index contributed by atoms with van der Waals surface area (Å²) < 4.78 is 0. The zero-order chi connectivity index (χ0) is 11.4. The van der Waals surface area contributed by atoms with Crippen LogP contribution in [-0.2, 0) is 9.59 Å². The molecule has 80 valence electrons. The highest BCUT2D eigenvalue weighted by molar-refractivity contribution is 6.25. The van der Waals surface area contributed by atoms with Crippen LogP contribution in [0.15, 0.2) is 11.6 Å². The fourth-order valence-electron chi connectivity index (χ4n) is 1.23. The smallest absolute Gasteiger partial charge is 0.321 e. The molecule has 0 aromatic heterocycles. The quantitative estimate of drug-likeness (QED) is 0.695. The molecule has 2 N–H and O–H groups in total. The summed E-state index contributed by atoms with van der Waals surface area (Å²) in [4.78, 5) is 21.9. The van der Waals surface area contributed by atoms with Crippen molar-refractivity contribution in [3.8, 4) is 0 Å². The highest BCUT2D eigenvalue weighted by Crippen LogP contribution is 2.33. The zero-order valence-electron chi connectivity index (χ0n) is 8.03. The predicted molar refractivity (Wildman–Crippen MR) is 52.2 cm³/mol. The third-order valence-electron chi connectivity index (χ3n) is 2.28. The maximum absolute atomic E-state index is 11.0. The van der Waals surface area contributed by atoms with Gasteiger partial charge >= 0.3 is 11.9 Å². The highest BCUT2D eigenvalue weighted by Gasteiger charge is 2.48. The lowest BCUT2D eigenvalue weighted by Gasteiger charge is -2.27. The van der Waals surface area contributed by atoms with Crippen LogP contribution in [0, 0.1) is 11.3 Å². The molecule has 0 unspecified atom stereocenters. The van der Waals surface area contributed by atoms with Gasteiger partial charge in [0, 0.05) is 5.54 Å². The van der Waals surface area contributed by atoms with Gasteiger partial charge in [-0.25, -0.2) is 0 Å². The largest absolute Gasteiger partial charge is 0.480 e. The average Bonchev–Trinajstić information content (AvgIpc) is 2.03. The summed E-state index contributed by atoms with van der Waals surface area (Å²) in [6.45, 7) is 3.12. The monoisotopic (exact) mass is 220 g/mol. The SMILES string of the molecule is CC(C)C(CC=CCl)(C(=O)O)C(=O)O. The number of carboxylic acids is 2. The fraction of sp³-hybridized carbons (Fsp3) is 0.556. The molecule has 0 atom stereocenters. The molecular weight excluding hydrogens is 208 g/mol. The molecule has 0 aliphatic heterocycles. The Balaban J connectivity index is 5.16. The summed E-state index contributed by atoms with van der Waals surface area (Å²) in [5.41, 5.74) is -0.658. The number of aliphatic carboxylic acids is 2. The Morgan fingerprint density at radius 1 is 1.36 bits per heavy atom. The Bertz CT molecular complexity index is 244. The van der Waals surface area contributed by atoms with Crippen LogP contribution in [0.4, 0.5) is 0 Å². The number of allylic oxidation sites excluding steroid dienone is 1. The molecule has 0 rings (SSSR count). The van der Waals surface area contributed by atoms with Crippen LogP contribution in [0.5, 0.6) is 0 Å². The van der Waals surface area contributed by atoms with Crippen molar-refractivity contribution < 1.29 is 19.8 Å². The first-order valence-corrected chi connectivity index (χ1v) is 4.55. The minimum Gasteiger partial charge on any atom is -0.480 e. The first-order valence-electron chi connectivity index (χ1n) is 4.11. The van der Waals surface area contributed by atoms with Crippen molar-refractivity contribution in [1.82, 2.24) is 0 Å². The van der Waals surface area contributed by atoms with E-state index in [1.807, 2.05) is 0 Å². The highest BCUT2D eigenvalue weighted by atomic mass is 35.5. The molecule has 0 radical (unpaired) electrons. The molecule has 0 heterocycles. The molecule has 0 saturated carbocycles. The lowest BCUT2D eigenvalue weighted by atomic mass is 9.74. The molecule has 0 bridgehead atoms. The van der Waals surface area contributed by atoms with Gasteiger partial charge in [-0.1, -0.05) is 31.5 Å². The van der Waals surface area contributed by atoms with E-state index in [0.29, 0.717) is 0 Å². The van der Waals surface area contributed by atoms with Crippen LogP contribution >= 0.6 is 11.6 Å². The van der Waals surface area contributed by atoms with Gasteiger partial charge in [0.15, 0.2) is 5.41 Å². The molecule has 0 fully saturated rings. The van der Waals surface area contributed by atoms with Crippen LogP contribution in [0.2, 0.25) is 0 Å². The summed E-state index contributed by atoms with van der Waals surface area (Å²) in [5.74, 6) is -3.19. The van der Waals surface area contributed by atoms with Gasteiger partial charge in [-0.05, 0) is 12.3 Å². The number of rotatable bonds is 5. The lowest BCUT2D eigenvalue weighted by molar-refractivity contribution is -0.168. The number of hydrogen-bond acceptors (Lipinski definition) is 2. The van der Waals surface area contributed by atoms with E-state index >= 15 is 0 Å². The molecule has 5 heteroatoms. The average molecular weight is 221 g/mol.